The molecular formula is C21H19N3O2. The van der Waals surface area contributed by atoms with Gasteiger partial charge >= 0.3 is 0 Å². The van der Waals surface area contributed by atoms with Crippen LogP contribution >= 0.6 is 0 Å². The lowest BCUT2D eigenvalue weighted by molar-refractivity contribution is 0.0940. The Morgan fingerprint density at radius 2 is 1.50 bits per heavy atom. The van der Waals surface area contributed by atoms with Crippen LogP contribution in [0.2, 0.25) is 0 Å². The smallest absolute Gasteiger partial charge is 0.255 e. The van der Waals surface area contributed by atoms with E-state index in [1.54, 1.807) is 60.9 Å². The van der Waals surface area contributed by atoms with Crippen molar-refractivity contribution < 1.29 is 9.59 Å². The molecule has 0 bridgehead atoms. The highest BCUT2D eigenvalue weighted by Crippen LogP contribution is 2.18. The summed E-state index contributed by atoms with van der Waals surface area (Å²) in [6, 6.07) is 19.4. The Hall–Kier alpha value is -3.47. The molecule has 3 aromatic rings. The second-order valence-corrected chi connectivity index (χ2v) is 5.84. The Morgan fingerprint density at radius 1 is 0.846 bits per heavy atom. The monoisotopic (exact) mass is 345 g/mol. The van der Waals surface area contributed by atoms with Crippen LogP contribution in [0.5, 0.6) is 0 Å². The first-order chi connectivity index (χ1) is 12.6. The molecule has 0 aliphatic rings. The summed E-state index contributed by atoms with van der Waals surface area (Å²) in [7, 11) is 0. The fraction of sp³-hybridized carbons (Fsp3) is 0.0952. The summed E-state index contributed by atoms with van der Waals surface area (Å²) in [6.07, 6.45) is 3.37. The lowest BCUT2D eigenvalue weighted by Crippen LogP contribution is -2.28. The Balaban J connectivity index is 1.76. The molecule has 5 heteroatoms. The zero-order chi connectivity index (χ0) is 18.4. The molecule has 3 rings (SSSR count). The maximum Gasteiger partial charge on any atom is 0.255 e. The first-order valence-electron chi connectivity index (χ1n) is 8.31. The third kappa shape index (κ3) is 4.13. The van der Waals surface area contributed by atoms with E-state index in [0.29, 0.717) is 16.8 Å². The molecule has 0 radical (unpaired) electrons. The van der Waals surface area contributed by atoms with Crippen LogP contribution in [0.1, 0.15) is 39.2 Å². The normalized spacial score (nSPS) is 11.4. The van der Waals surface area contributed by atoms with Gasteiger partial charge in [0.05, 0.1) is 17.3 Å². The van der Waals surface area contributed by atoms with E-state index in [2.05, 4.69) is 15.6 Å². The quantitative estimate of drug-likeness (QED) is 0.738. The molecule has 0 saturated carbocycles. The van der Waals surface area contributed by atoms with Crippen LogP contribution in [-0.4, -0.2) is 16.8 Å². The fourth-order valence-electron chi connectivity index (χ4n) is 2.58. The van der Waals surface area contributed by atoms with Gasteiger partial charge in [-0.25, -0.2) is 0 Å². The number of pyridine rings is 1. The van der Waals surface area contributed by atoms with Crippen molar-refractivity contribution in [2.45, 2.75) is 13.0 Å². The highest BCUT2D eigenvalue weighted by Gasteiger charge is 2.16. The van der Waals surface area contributed by atoms with Gasteiger partial charge in [0.15, 0.2) is 0 Å². The maximum atomic E-state index is 12.7. The molecule has 0 spiro atoms. The molecule has 1 unspecified atom stereocenters. The predicted molar refractivity (Wildman–Crippen MR) is 101 cm³/mol. The molecule has 5 nitrogen and oxygen atoms in total. The highest BCUT2D eigenvalue weighted by atomic mass is 16.2. The second kappa shape index (κ2) is 8.07. The number of amides is 2. The Kier molecular flexibility index (Phi) is 5.39. The summed E-state index contributed by atoms with van der Waals surface area (Å²) in [5, 5.41) is 5.76. The molecule has 0 aliphatic heterocycles. The maximum absolute atomic E-state index is 12.7. The number of nitrogens with one attached hydrogen (secondary N) is 2. The molecular weight excluding hydrogens is 326 g/mol. The van der Waals surface area contributed by atoms with Crippen LogP contribution in [0.25, 0.3) is 0 Å². The van der Waals surface area contributed by atoms with Crippen LogP contribution in [-0.2, 0) is 0 Å². The van der Waals surface area contributed by atoms with Gasteiger partial charge in [-0.15, -0.1) is 0 Å². The van der Waals surface area contributed by atoms with Crippen molar-refractivity contribution in [3.8, 4) is 0 Å². The number of aromatic nitrogens is 1. The van der Waals surface area contributed by atoms with Gasteiger partial charge in [-0.1, -0.05) is 30.3 Å². The minimum absolute atomic E-state index is 0.177. The largest absolute Gasteiger partial charge is 0.345 e. The summed E-state index contributed by atoms with van der Waals surface area (Å²) >= 11 is 0. The molecule has 1 atom stereocenters. The number of hydrogen-bond acceptors (Lipinski definition) is 3. The van der Waals surface area contributed by atoms with E-state index in [1.165, 1.54) is 0 Å². The first-order valence-corrected chi connectivity index (χ1v) is 8.31. The molecule has 0 aliphatic carbocycles. The van der Waals surface area contributed by atoms with E-state index in [1.807, 2.05) is 25.1 Å². The van der Waals surface area contributed by atoms with E-state index < -0.39 is 0 Å². The van der Waals surface area contributed by atoms with Crippen molar-refractivity contribution in [3.63, 3.8) is 0 Å². The topological polar surface area (TPSA) is 71.1 Å². The molecule has 130 valence electrons. The fourth-order valence-corrected chi connectivity index (χ4v) is 2.58. The zero-order valence-electron chi connectivity index (χ0n) is 14.3. The molecule has 1 aromatic heterocycles. The predicted octanol–water partition coefficient (Wildman–Crippen LogP) is 3.82. The number of nitrogens with zero attached hydrogens (tertiary/aromatic N) is 1. The average Bonchev–Trinajstić information content (AvgIpc) is 2.69. The molecule has 26 heavy (non-hydrogen) atoms. The van der Waals surface area contributed by atoms with E-state index in [0.717, 1.165) is 5.56 Å². The molecule has 1 heterocycles. The molecule has 0 fully saturated rings. The lowest BCUT2D eigenvalue weighted by Gasteiger charge is -2.16. The Morgan fingerprint density at radius 3 is 2.23 bits per heavy atom. The molecule has 2 amide bonds. The highest BCUT2D eigenvalue weighted by molar-refractivity contribution is 6.09. The SMILES string of the molecule is CC(NC(=O)c1ccccc1NC(=O)c1ccccc1)c1ccncc1. The van der Waals surface area contributed by atoms with E-state index in [4.69, 9.17) is 0 Å². The van der Waals surface area contributed by atoms with Gasteiger partial charge in [-0.2, -0.15) is 0 Å². The average molecular weight is 345 g/mol. The number of benzene rings is 2. The van der Waals surface area contributed by atoms with E-state index in [-0.39, 0.29) is 17.9 Å². The van der Waals surface area contributed by atoms with Crippen molar-refractivity contribution >= 4 is 17.5 Å². The van der Waals surface area contributed by atoms with Gasteiger partial charge < -0.3 is 10.6 Å². The molecule has 2 aromatic carbocycles. The van der Waals surface area contributed by atoms with Crippen LogP contribution in [0.4, 0.5) is 5.69 Å². The number of rotatable bonds is 5. The summed E-state index contributed by atoms with van der Waals surface area (Å²) < 4.78 is 0. The molecule has 2 N–H and O–H groups in total. The van der Waals surface area contributed by atoms with Gasteiger partial charge in [0.2, 0.25) is 0 Å². The number of carbonyl (C=O) groups excluding carboxylic acids is 2. The minimum Gasteiger partial charge on any atom is -0.345 e. The van der Waals surface area contributed by atoms with E-state index >= 15 is 0 Å². The lowest BCUT2D eigenvalue weighted by atomic mass is 10.1. The van der Waals surface area contributed by atoms with Gasteiger partial charge in [-0.05, 0) is 48.9 Å². The van der Waals surface area contributed by atoms with Gasteiger partial charge in [0.25, 0.3) is 11.8 Å². The number of anilines is 1. The summed E-state index contributed by atoms with van der Waals surface area (Å²) in [5.74, 6) is -0.508. The van der Waals surface area contributed by atoms with Crippen molar-refractivity contribution in [1.29, 1.82) is 0 Å². The number of para-hydroxylation sites is 1. The first kappa shape index (κ1) is 17.4. The Bertz CT molecular complexity index is 895. The van der Waals surface area contributed by atoms with Gasteiger partial charge in [0.1, 0.15) is 0 Å². The van der Waals surface area contributed by atoms with Gasteiger partial charge in [-0.3, -0.25) is 14.6 Å². The minimum atomic E-state index is -0.256. The van der Waals surface area contributed by atoms with Crippen LogP contribution < -0.4 is 10.6 Å². The van der Waals surface area contributed by atoms with Crippen molar-refractivity contribution in [3.05, 3.63) is 95.8 Å². The zero-order valence-corrected chi connectivity index (χ0v) is 14.3. The van der Waals surface area contributed by atoms with Crippen molar-refractivity contribution in [1.82, 2.24) is 10.3 Å². The van der Waals surface area contributed by atoms with Crippen LogP contribution in [0, 0.1) is 0 Å². The van der Waals surface area contributed by atoms with Crippen molar-refractivity contribution in [2.24, 2.45) is 0 Å². The summed E-state index contributed by atoms with van der Waals surface area (Å²) in [6.45, 7) is 1.90. The number of carbonyl (C=O) groups is 2. The van der Waals surface area contributed by atoms with Crippen molar-refractivity contribution in [2.75, 3.05) is 5.32 Å². The third-order valence-corrected chi connectivity index (χ3v) is 4.01. The summed E-state index contributed by atoms with van der Waals surface area (Å²) in [4.78, 5) is 29.1. The Labute approximate surface area is 152 Å². The number of hydrogen-bond donors (Lipinski definition) is 2. The summed E-state index contributed by atoms with van der Waals surface area (Å²) in [5.41, 5.74) is 2.38. The second-order valence-electron chi connectivity index (χ2n) is 5.84. The van der Waals surface area contributed by atoms with Crippen LogP contribution in [0.15, 0.2) is 79.1 Å². The van der Waals surface area contributed by atoms with E-state index in [9.17, 15) is 9.59 Å². The standard InChI is InChI=1S/C21H19N3O2/c1-15(16-11-13-22-14-12-16)23-21(26)18-9-5-6-10-19(18)24-20(25)17-7-3-2-4-8-17/h2-15H,1H3,(H,23,26)(H,24,25). The van der Waals surface area contributed by atoms with Crippen LogP contribution in [0.3, 0.4) is 0 Å². The third-order valence-electron chi connectivity index (χ3n) is 4.01. The van der Waals surface area contributed by atoms with Gasteiger partial charge in [0, 0.05) is 18.0 Å². The molecule has 0 saturated heterocycles.